The van der Waals surface area contributed by atoms with Gasteiger partial charge in [-0.25, -0.2) is 0 Å². The van der Waals surface area contributed by atoms with Gasteiger partial charge in [0.25, 0.3) is 17.5 Å². The molecule has 0 N–H and O–H groups in total. The zero-order valence-electron chi connectivity index (χ0n) is 15.8. The van der Waals surface area contributed by atoms with E-state index in [9.17, 15) is 19.7 Å². The Kier molecular flexibility index (Phi) is 3.77. The van der Waals surface area contributed by atoms with Crippen LogP contribution in [0, 0.1) is 45.6 Å². The number of benzene rings is 1. The zero-order valence-corrected chi connectivity index (χ0v) is 15.8. The minimum Gasteiger partial charge on any atom is -0.493 e. The fraction of sp³-hybridized carbons (Fsp3) is 0.450. The molecule has 150 valence electrons. The largest absolute Gasteiger partial charge is 0.493 e. The lowest BCUT2D eigenvalue weighted by Crippen LogP contribution is -2.40. The van der Waals surface area contributed by atoms with Gasteiger partial charge in [0.05, 0.1) is 48.8 Å². The predicted molar refractivity (Wildman–Crippen MR) is 100 cm³/mol. The molecule has 0 radical (unpaired) electrons. The Hall–Kier alpha value is -3.23. The number of hydrazone groups is 1. The number of carbonyl (C=O) groups is 2. The summed E-state index contributed by atoms with van der Waals surface area (Å²) in [5.74, 6) is 0.333. The van der Waals surface area contributed by atoms with Crippen molar-refractivity contribution >= 4 is 23.7 Å². The summed E-state index contributed by atoms with van der Waals surface area (Å²) in [6.45, 7) is 0. The van der Waals surface area contributed by atoms with Gasteiger partial charge in [-0.3, -0.25) is 19.7 Å². The minimum atomic E-state index is -0.575. The Bertz CT molecular complexity index is 966. The lowest BCUT2D eigenvalue weighted by atomic mass is 9.63. The summed E-state index contributed by atoms with van der Waals surface area (Å²) in [4.78, 5) is 36.8. The highest BCUT2D eigenvalue weighted by molar-refractivity contribution is 6.06. The van der Waals surface area contributed by atoms with Crippen LogP contribution in [0.25, 0.3) is 0 Å². The van der Waals surface area contributed by atoms with Crippen molar-refractivity contribution in [1.29, 1.82) is 0 Å². The van der Waals surface area contributed by atoms with Gasteiger partial charge in [0, 0.05) is 0 Å². The lowest BCUT2D eigenvalue weighted by Gasteiger charge is -2.37. The molecule has 6 unspecified atom stereocenters. The van der Waals surface area contributed by atoms with Crippen LogP contribution < -0.4 is 9.47 Å². The van der Waals surface area contributed by atoms with Gasteiger partial charge >= 0.3 is 0 Å². The highest BCUT2D eigenvalue weighted by Gasteiger charge is 2.67. The third kappa shape index (κ3) is 2.43. The van der Waals surface area contributed by atoms with Crippen molar-refractivity contribution in [3.05, 3.63) is 40.0 Å². The van der Waals surface area contributed by atoms with E-state index in [0.717, 1.165) is 11.4 Å². The molecule has 0 aromatic heterocycles. The number of nitro benzene ring substituents is 1. The van der Waals surface area contributed by atoms with Crippen LogP contribution >= 0.6 is 0 Å². The van der Waals surface area contributed by atoms with Crippen molar-refractivity contribution in [3.63, 3.8) is 0 Å². The maximum atomic E-state index is 12.9. The van der Waals surface area contributed by atoms with Gasteiger partial charge in [0.2, 0.25) is 0 Å². The Labute approximate surface area is 166 Å². The quantitative estimate of drug-likeness (QED) is 0.247. The number of nitro groups is 1. The van der Waals surface area contributed by atoms with Crippen molar-refractivity contribution in [1.82, 2.24) is 5.01 Å². The Morgan fingerprint density at radius 2 is 1.62 bits per heavy atom. The topological polar surface area (TPSA) is 111 Å². The smallest absolute Gasteiger partial charge is 0.282 e. The highest BCUT2D eigenvalue weighted by Crippen LogP contribution is 2.65. The van der Waals surface area contributed by atoms with Gasteiger partial charge in [-0.2, -0.15) is 10.1 Å². The third-order valence-electron chi connectivity index (χ3n) is 6.68. The monoisotopic (exact) mass is 397 g/mol. The van der Waals surface area contributed by atoms with E-state index in [2.05, 4.69) is 17.3 Å². The fourth-order valence-electron chi connectivity index (χ4n) is 5.32. The van der Waals surface area contributed by atoms with Crippen LogP contribution in [0.5, 0.6) is 11.5 Å². The molecular weight excluding hydrogens is 378 g/mol. The van der Waals surface area contributed by atoms with Gasteiger partial charge in [-0.05, 0) is 36.2 Å². The van der Waals surface area contributed by atoms with Crippen molar-refractivity contribution in [3.8, 4) is 11.5 Å². The van der Waals surface area contributed by atoms with E-state index >= 15 is 0 Å². The molecule has 1 aromatic carbocycles. The summed E-state index contributed by atoms with van der Waals surface area (Å²) in [5.41, 5.74) is -0.141. The first-order valence-corrected chi connectivity index (χ1v) is 9.46. The van der Waals surface area contributed by atoms with E-state index in [1.165, 1.54) is 32.6 Å². The number of amides is 2. The minimum absolute atomic E-state index is 0.0991. The molecule has 1 heterocycles. The van der Waals surface area contributed by atoms with Crippen LogP contribution in [0.3, 0.4) is 0 Å². The fourth-order valence-corrected chi connectivity index (χ4v) is 5.32. The standard InChI is InChI=1S/C20H19N3O6/c1-28-15-5-9(14(23(26)27)7-16(15)29-2)8-21-22-19(24)17-10-3-4-11(13-6-12(10)13)18(17)20(22)25/h3-5,7-8,10-13,17-18H,6H2,1-2H3. The Balaban J connectivity index is 1.48. The van der Waals surface area contributed by atoms with Crippen LogP contribution in [0.15, 0.2) is 29.4 Å². The summed E-state index contributed by atoms with van der Waals surface area (Å²) in [6, 6.07) is 2.63. The van der Waals surface area contributed by atoms with Crippen molar-refractivity contribution < 1.29 is 24.0 Å². The Morgan fingerprint density at radius 1 is 1.07 bits per heavy atom. The number of hydrogen-bond acceptors (Lipinski definition) is 7. The molecule has 6 atom stereocenters. The van der Waals surface area contributed by atoms with Crippen LogP contribution in [-0.2, 0) is 9.59 Å². The second kappa shape index (κ2) is 6.13. The number of allylic oxidation sites excluding steroid dienone is 2. The molecule has 9 nitrogen and oxygen atoms in total. The summed E-state index contributed by atoms with van der Waals surface area (Å²) in [7, 11) is 2.79. The van der Waals surface area contributed by atoms with E-state index in [4.69, 9.17) is 9.47 Å². The Morgan fingerprint density at radius 3 is 2.14 bits per heavy atom. The third-order valence-corrected chi connectivity index (χ3v) is 6.68. The van der Waals surface area contributed by atoms with Crippen molar-refractivity contribution in [2.24, 2.45) is 40.6 Å². The van der Waals surface area contributed by atoms with Gasteiger partial charge in [0.1, 0.15) is 0 Å². The molecular formula is C20H19N3O6. The average Bonchev–Trinajstić information content (AvgIpc) is 3.50. The SMILES string of the molecule is COc1cc(C=NN2C(=O)C3C4C=CC(C5CC45)C3C2=O)c([N+](=O)[O-])cc1OC. The molecule has 4 aliphatic carbocycles. The summed E-state index contributed by atoms with van der Waals surface area (Å²) in [5, 5.41) is 16.4. The van der Waals surface area contributed by atoms with Gasteiger partial charge < -0.3 is 9.47 Å². The first kappa shape index (κ1) is 17.8. The van der Waals surface area contributed by atoms with Gasteiger partial charge in [-0.15, -0.1) is 0 Å². The molecule has 1 saturated heterocycles. The molecule has 2 saturated carbocycles. The highest BCUT2D eigenvalue weighted by atomic mass is 16.6. The molecule has 1 aliphatic heterocycles. The maximum absolute atomic E-state index is 12.9. The molecule has 5 aliphatic rings. The number of carbonyl (C=O) groups excluding carboxylic acids is 2. The van der Waals surface area contributed by atoms with E-state index < -0.39 is 4.92 Å². The first-order chi connectivity index (χ1) is 14.0. The van der Waals surface area contributed by atoms with Crippen molar-refractivity contribution in [2.75, 3.05) is 14.2 Å². The number of nitrogens with zero attached hydrogens (tertiary/aromatic N) is 3. The number of imide groups is 1. The lowest BCUT2D eigenvalue weighted by molar-refractivity contribution is -0.385. The van der Waals surface area contributed by atoms with Gasteiger partial charge in [0.15, 0.2) is 11.5 Å². The first-order valence-electron chi connectivity index (χ1n) is 9.46. The summed E-state index contributed by atoms with van der Waals surface area (Å²) >= 11 is 0. The van der Waals surface area contributed by atoms with E-state index in [0.29, 0.717) is 11.8 Å². The predicted octanol–water partition coefficient (Wildman–Crippen LogP) is 2.00. The molecule has 6 rings (SSSR count). The van der Waals surface area contributed by atoms with Crippen molar-refractivity contribution in [2.45, 2.75) is 6.42 Å². The second-order valence-corrected chi connectivity index (χ2v) is 7.91. The number of rotatable bonds is 5. The zero-order chi connectivity index (χ0) is 20.4. The molecule has 1 aromatic rings. The van der Waals surface area contributed by atoms with Crippen LogP contribution in [0.2, 0.25) is 0 Å². The number of hydrogen-bond donors (Lipinski definition) is 0. The van der Waals surface area contributed by atoms with E-state index in [-0.39, 0.29) is 58.2 Å². The molecule has 0 spiro atoms. The molecule has 9 heteroatoms. The van der Waals surface area contributed by atoms with Crippen LogP contribution in [0.1, 0.15) is 12.0 Å². The molecule has 2 amide bonds. The molecule has 2 bridgehead atoms. The second-order valence-electron chi connectivity index (χ2n) is 7.91. The molecule has 3 fully saturated rings. The molecule has 29 heavy (non-hydrogen) atoms. The maximum Gasteiger partial charge on any atom is 0.282 e. The van der Waals surface area contributed by atoms with Crippen LogP contribution in [-0.4, -0.2) is 42.2 Å². The summed E-state index contributed by atoms with van der Waals surface area (Å²) < 4.78 is 10.3. The van der Waals surface area contributed by atoms with Crippen LogP contribution in [0.4, 0.5) is 5.69 Å². The number of ether oxygens (including phenoxy) is 2. The number of methoxy groups -OCH3 is 2. The summed E-state index contributed by atoms with van der Waals surface area (Å²) in [6.07, 6.45) is 6.41. The van der Waals surface area contributed by atoms with Gasteiger partial charge in [-0.1, -0.05) is 12.2 Å². The van der Waals surface area contributed by atoms with E-state index in [1.54, 1.807) is 0 Å². The van der Waals surface area contributed by atoms with E-state index in [1.807, 2.05) is 0 Å². The average molecular weight is 397 g/mol. The normalized spacial score (nSPS) is 33.8.